The molecule has 0 amide bonds. The van der Waals surface area contributed by atoms with Crippen LogP contribution in [0.4, 0.5) is 5.69 Å². The molecule has 118 valence electrons. The van der Waals surface area contributed by atoms with E-state index >= 15 is 0 Å². The minimum absolute atomic E-state index is 0.0720. The Morgan fingerprint density at radius 3 is 2.39 bits per heavy atom. The number of nitrogens with zero attached hydrogens (tertiary/aromatic N) is 1. The van der Waals surface area contributed by atoms with Crippen LogP contribution in [0.25, 0.3) is 0 Å². The fraction of sp³-hybridized carbons (Fsp3) is 0.125. The molecule has 1 N–H and O–H groups in total. The van der Waals surface area contributed by atoms with Gasteiger partial charge in [0.05, 0.1) is 16.1 Å². The second-order valence-corrected chi connectivity index (χ2v) is 4.75. The van der Waals surface area contributed by atoms with Crippen LogP contribution in [-0.2, 0) is 4.74 Å². The van der Waals surface area contributed by atoms with E-state index in [0.717, 1.165) is 0 Å². The van der Waals surface area contributed by atoms with Crippen molar-refractivity contribution in [2.75, 3.05) is 0 Å². The van der Waals surface area contributed by atoms with Crippen LogP contribution in [0.15, 0.2) is 48.5 Å². The van der Waals surface area contributed by atoms with Crippen molar-refractivity contribution >= 4 is 17.6 Å². The first-order valence-corrected chi connectivity index (χ1v) is 6.68. The van der Waals surface area contributed by atoms with Crippen molar-refractivity contribution in [1.29, 1.82) is 0 Å². The van der Waals surface area contributed by atoms with Gasteiger partial charge < -0.3 is 9.84 Å². The highest BCUT2D eigenvalue weighted by Gasteiger charge is 2.20. The first kappa shape index (κ1) is 16.2. The number of non-ortho nitro benzene ring substituents is 1. The highest BCUT2D eigenvalue weighted by Crippen LogP contribution is 2.23. The van der Waals surface area contributed by atoms with Crippen molar-refractivity contribution in [2.24, 2.45) is 0 Å². The van der Waals surface area contributed by atoms with E-state index in [-0.39, 0.29) is 16.8 Å². The lowest BCUT2D eigenvalue weighted by Crippen LogP contribution is -2.13. The molecule has 23 heavy (non-hydrogen) atoms. The number of carboxylic acid groups (broad SMARTS) is 1. The van der Waals surface area contributed by atoms with Gasteiger partial charge in [-0.25, -0.2) is 9.59 Å². The number of rotatable bonds is 5. The van der Waals surface area contributed by atoms with Crippen molar-refractivity contribution in [3.63, 3.8) is 0 Å². The normalized spacial score (nSPS) is 11.5. The molecule has 2 rings (SSSR count). The zero-order chi connectivity index (χ0) is 17.0. The molecule has 0 aliphatic heterocycles. The maximum atomic E-state index is 12.2. The standard InChI is InChI=1S/C16H13NO6/c1-10(11-5-4-6-12(9-11)17(21)22)23-16(20)14-8-3-2-7-13(14)15(18)19/h2-10H,1H3,(H,18,19). The van der Waals surface area contributed by atoms with E-state index in [1.807, 2.05) is 0 Å². The number of nitro benzene ring substituents is 1. The zero-order valence-corrected chi connectivity index (χ0v) is 12.1. The van der Waals surface area contributed by atoms with Gasteiger partial charge in [0.2, 0.25) is 0 Å². The summed E-state index contributed by atoms with van der Waals surface area (Å²) in [6, 6.07) is 11.4. The summed E-state index contributed by atoms with van der Waals surface area (Å²) in [6.45, 7) is 1.56. The number of esters is 1. The number of hydrogen-bond acceptors (Lipinski definition) is 5. The topological polar surface area (TPSA) is 107 Å². The van der Waals surface area contributed by atoms with Gasteiger partial charge in [0.15, 0.2) is 0 Å². The Kier molecular flexibility index (Phi) is 4.70. The van der Waals surface area contributed by atoms with E-state index in [1.54, 1.807) is 13.0 Å². The van der Waals surface area contributed by atoms with Gasteiger partial charge in [-0.15, -0.1) is 0 Å². The average Bonchev–Trinajstić information content (AvgIpc) is 2.54. The van der Waals surface area contributed by atoms with Crippen molar-refractivity contribution in [3.05, 3.63) is 75.3 Å². The molecule has 0 saturated carbocycles. The summed E-state index contributed by atoms with van der Waals surface area (Å²) in [7, 11) is 0. The number of carboxylic acids is 1. The summed E-state index contributed by atoms with van der Waals surface area (Å²) < 4.78 is 5.22. The molecule has 1 unspecified atom stereocenters. The highest BCUT2D eigenvalue weighted by atomic mass is 16.6. The summed E-state index contributed by atoms with van der Waals surface area (Å²) in [5.74, 6) is -2.04. The predicted octanol–water partition coefficient (Wildman–Crippen LogP) is 3.21. The van der Waals surface area contributed by atoms with Crippen LogP contribution in [-0.4, -0.2) is 22.0 Å². The van der Waals surface area contributed by atoms with Crippen molar-refractivity contribution < 1.29 is 24.4 Å². The van der Waals surface area contributed by atoms with Crippen LogP contribution in [0.2, 0.25) is 0 Å². The van der Waals surface area contributed by atoms with Gasteiger partial charge in [0, 0.05) is 12.1 Å². The molecule has 0 radical (unpaired) electrons. The minimum atomic E-state index is -1.24. The summed E-state index contributed by atoms with van der Waals surface area (Å²) in [6.07, 6.45) is -0.760. The number of carbonyl (C=O) groups is 2. The third-order valence-corrected chi connectivity index (χ3v) is 3.21. The fourth-order valence-corrected chi connectivity index (χ4v) is 2.03. The van der Waals surface area contributed by atoms with Crippen LogP contribution < -0.4 is 0 Å². The smallest absolute Gasteiger partial charge is 0.339 e. The summed E-state index contributed by atoms with van der Waals surface area (Å²) >= 11 is 0. The molecule has 0 aliphatic carbocycles. The number of benzene rings is 2. The number of carbonyl (C=O) groups excluding carboxylic acids is 1. The van der Waals surface area contributed by atoms with Gasteiger partial charge in [-0.3, -0.25) is 10.1 Å². The van der Waals surface area contributed by atoms with Crippen molar-refractivity contribution in [2.45, 2.75) is 13.0 Å². The van der Waals surface area contributed by atoms with Gasteiger partial charge in [-0.05, 0) is 24.6 Å². The number of hydrogen-bond donors (Lipinski definition) is 1. The maximum absolute atomic E-state index is 12.2. The molecule has 2 aromatic carbocycles. The van der Waals surface area contributed by atoms with Gasteiger partial charge >= 0.3 is 11.9 Å². The molecule has 7 nitrogen and oxygen atoms in total. The van der Waals surface area contributed by atoms with Crippen LogP contribution in [0, 0.1) is 10.1 Å². The number of ether oxygens (including phenoxy) is 1. The van der Waals surface area contributed by atoms with E-state index in [1.165, 1.54) is 42.5 Å². The van der Waals surface area contributed by atoms with Crippen LogP contribution in [0.3, 0.4) is 0 Å². The van der Waals surface area contributed by atoms with Crippen LogP contribution >= 0.6 is 0 Å². The summed E-state index contributed by atoms with van der Waals surface area (Å²) in [5, 5.41) is 19.9. The molecule has 2 aromatic rings. The second kappa shape index (κ2) is 6.69. The molecule has 0 fully saturated rings. The zero-order valence-electron chi connectivity index (χ0n) is 12.1. The quantitative estimate of drug-likeness (QED) is 0.516. The average molecular weight is 315 g/mol. The molecule has 0 bridgehead atoms. The summed E-state index contributed by atoms with van der Waals surface area (Å²) in [4.78, 5) is 33.5. The Morgan fingerprint density at radius 2 is 1.78 bits per heavy atom. The Labute approximate surface area is 131 Å². The monoisotopic (exact) mass is 315 g/mol. The van der Waals surface area contributed by atoms with E-state index in [4.69, 9.17) is 9.84 Å². The first-order chi connectivity index (χ1) is 10.9. The second-order valence-electron chi connectivity index (χ2n) is 4.75. The number of aromatic carboxylic acids is 1. The van der Waals surface area contributed by atoms with E-state index in [0.29, 0.717) is 5.56 Å². The van der Waals surface area contributed by atoms with Crippen molar-refractivity contribution in [3.8, 4) is 0 Å². The first-order valence-electron chi connectivity index (χ1n) is 6.68. The molecule has 7 heteroatoms. The highest BCUT2D eigenvalue weighted by molar-refractivity contribution is 6.02. The van der Waals surface area contributed by atoms with Gasteiger partial charge in [-0.1, -0.05) is 24.3 Å². The van der Waals surface area contributed by atoms with Crippen LogP contribution in [0.1, 0.15) is 39.3 Å². The Morgan fingerprint density at radius 1 is 1.13 bits per heavy atom. The van der Waals surface area contributed by atoms with E-state index in [9.17, 15) is 19.7 Å². The van der Waals surface area contributed by atoms with Gasteiger partial charge in [0.25, 0.3) is 5.69 Å². The number of nitro groups is 1. The Bertz CT molecular complexity index is 771. The predicted molar refractivity (Wildman–Crippen MR) is 80.3 cm³/mol. The fourth-order valence-electron chi connectivity index (χ4n) is 2.03. The molecule has 0 aromatic heterocycles. The molecular weight excluding hydrogens is 302 g/mol. The SMILES string of the molecule is CC(OC(=O)c1ccccc1C(=O)O)c1cccc([N+](=O)[O-])c1. The summed E-state index contributed by atoms with van der Waals surface area (Å²) in [5.41, 5.74) is 0.0951. The third-order valence-electron chi connectivity index (χ3n) is 3.21. The van der Waals surface area contributed by atoms with E-state index < -0.39 is 23.0 Å². The van der Waals surface area contributed by atoms with Gasteiger partial charge in [-0.2, -0.15) is 0 Å². The Balaban J connectivity index is 2.22. The lowest BCUT2D eigenvalue weighted by molar-refractivity contribution is -0.385. The molecule has 1 atom stereocenters. The third kappa shape index (κ3) is 3.70. The molecule has 0 aliphatic rings. The molecule has 0 saturated heterocycles. The van der Waals surface area contributed by atoms with E-state index in [2.05, 4.69) is 0 Å². The largest absolute Gasteiger partial charge is 0.478 e. The molecule has 0 spiro atoms. The lowest BCUT2D eigenvalue weighted by Gasteiger charge is -2.14. The lowest BCUT2D eigenvalue weighted by atomic mass is 10.1. The van der Waals surface area contributed by atoms with Crippen LogP contribution in [0.5, 0.6) is 0 Å². The van der Waals surface area contributed by atoms with Gasteiger partial charge in [0.1, 0.15) is 6.10 Å². The minimum Gasteiger partial charge on any atom is -0.478 e. The molecular formula is C16H13NO6. The Hall–Kier alpha value is -3.22. The maximum Gasteiger partial charge on any atom is 0.339 e. The van der Waals surface area contributed by atoms with Crippen molar-refractivity contribution in [1.82, 2.24) is 0 Å². The molecule has 0 heterocycles.